The zero-order valence-electron chi connectivity index (χ0n) is 15.6. The molecule has 0 fully saturated rings. The van der Waals surface area contributed by atoms with Gasteiger partial charge in [0.25, 0.3) is 5.56 Å². The fourth-order valence-electron chi connectivity index (χ4n) is 2.95. The number of benzene rings is 2. The summed E-state index contributed by atoms with van der Waals surface area (Å²) in [5, 5.41) is 0.562. The normalized spacial score (nSPS) is 10.7. The second-order valence-corrected chi connectivity index (χ2v) is 6.30. The van der Waals surface area contributed by atoms with Gasteiger partial charge in [-0.1, -0.05) is 30.3 Å². The van der Waals surface area contributed by atoms with E-state index in [9.17, 15) is 9.59 Å². The van der Waals surface area contributed by atoms with Gasteiger partial charge >= 0.3 is 0 Å². The van der Waals surface area contributed by atoms with Crippen LogP contribution in [0.1, 0.15) is 18.9 Å². The molecule has 3 aromatic rings. The predicted molar refractivity (Wildman–Crippen MR) is 105 cm³/mol. The lowest BCUT2D eigenvalue weighted by molar-refractivity contribution is -0.130. The van der Waals surface area contributed by atoms with E-state index in [-0.39, 0.29) is 17.9 Å². The second kappa shape index (κ2) is 8.49. The molecular formula is C21H23N3O3. The number of fused-ring (bicyclic) bond motifs is 1. The van der Waals surface area contributed by atoms with Crippen LogP contribution in [0.25, 0.3) is 10.9 Å². The molecule has 0 saturated carbocycles. The smallest absolute Gasteiger partial charge is 0.261 e. The number of amides is 1. The Labute approximate surface area is 158 Å². The molecule has 3 rings (SSSR count). The van der Waals surface area contributed by atoms with Gasteiger partial charge in [0.1, 0.15) is 5.75 Å². The van der Waals surface area contributed by atoms with E-state index in [0.29, 0.717) is 30.6 Å². The van der Waals surface area contributed by atoms with Crippen molar-refractivity contribution in [2.45, 2.75) is 26.4 Å². The van der Waals surface area contributed by atoms with Gasteiger partial charge in [-0.05, 0) is 25.1 Å². The zero-order chi connectivity index (χ0) is 19.2. The number of ether oxygens (including phenoxy) is 1. The van der Waals surface area contributed by atoms with Gasteiger partial charge in [0.05, 0.1) is 23.8 Å². The molecule has 6 nitrogen and oxygen atoms in total. The van der Waals surface area contributed by atoms with Crippen molar-refractivity contribution in [3.05, 3.63) is 70.8 Å². The van der Waals surface area contributed by atoms with Crippen molar-refractivity contribution < 1.29 is 9.53 Å². The first-order chi connectivity index (χ1) is 13.1. The molecule has 0 atom stereocenters. The number of para-hydroxylation sites is 2. The SMILES string of the molecule is CCOc1ccccc1CN(C)C(=O)CCn1cnc2ccccc2c1=O. The van der Waals surface area contributed by atoms with Crippen LogP contribution in [0.15, 0.2) is 59.7 Å². The Kier molecular flexibility index (Phi) is 5.86. The predicted octanol–water partition coefficient (Wildman–Crippen LogP) is 2.84. The summed E-state index contributed by atoms with van der Waals surface area (Å²) in [6, 6.07) is 14.9. The summed E-state index contributed by atoms with van der Waals surface area (Å²) in [5.41, 5.74) is 1.49. The molecule has 0 aliphatic carbocycles. The third-order valence-corrected chi connectivity index (χ3v) is 4.40. The lowest BCUT2D eigenvalue weighted by Crippen LogP contribution is -2.29. The first kappa shape index (κ1) is 18.6. The summed E-state index contributed by atoms with van der Waals surface area (Å²) in [7, 11) is 1.76. The number of carbonyl (C=O) groups is 1. The lowest BCUT2D eigenvalue weighted by Gasteiger charge is -2.19. The van der Waals surface area contributed by atoms with Crippen LogP contribution in [0, 0.1) is 0 Å². The van der Waals surface area contributed by atoms with Crippen LogP contribution in [0.3, 0.4) is 0 Å². The minimum Gasteiger partial charge on any atom is -0.494 e. The number of aryl methyl sites for hydroxylation is 1. The van der Waals surface area contributed by atoms with Crippen LogP contribution in [-0.2, 0) is 17.9 Å². The van der Waals surface area contributed by atoms with Crippen LogP contribution in [0.2, 0.25) is 0 Å². The molecule has 0 unspecified atom stereocenters. The Hall–Kier alpha value is -3.15. The molecule has 140 valence electrons. The summed E-state index contributed by atoms with van der Waals surface area (Å²) in [6.45, 7) is 3.26. The Balaban J connectivity index is 1.66. The van der Waals surface area contributed by atoms with Crippen LogP contribution in [-0.4, -0.2) is 34.0 Å². The van der Waals surface area contributed by atoms with Crippen LogP contribution >= 0.6 is 0 Å². The number of rotatable bonds is 7. The van der Waals surface area contributed by atoms with Crippen molar-refractivity contribution in [1.82, 2.24) is 14.5 Å². The van der Waals surface area contributed by atoms with Crippen LogP contribution in [0.4, 0.5) is 0 Å². The molecular weight excluding hydrogens is 342 g/mol. The van der Waals surface area contributed by atoms with Gasteiger partial charge in [0, 0.05) is 32.1 Å². The quantitative estimate of drug-likeness (QED) is 0.646. The fraction of sp³-hybridized carbons (Fsp3) is 0.286. The maximum atomic E-state index is 12.5. The average molecular weight is 365 g/mol. The summed E-state index contributed by atoms with van der Waals surface area (Å²) in [5.74, 6) is 0.746. The van der Waals surface area contributed by atoms with Gasteiger partial charge in [-0.25, -0.2) is 4.98 Å². The molecule has 2 aromatic carbocycles. The Morgan fingerprint density at radius 3 is 2.70 bits per heavy atom. The van der Waals surface area contributed by atoms with Crippen molar-refractivity contribution in [3.63, 3.8) is 0 Å². The monoisotopic (exact) mass is 365 g/mol. The van der Waals surface area contributed by atoms with Crippen molar-refractivity contribution in [2.75, 3.05) is 13.7 Å². The first-order valence-corrected chi connectivity index (χ1v) is 8.99. The Morgan fingerprint density at radius 1 is 1.15 bits per heavy atom. The van der Waals surface area contributed by atoms with E-state index in [1.807, 2.05) is 43.3 Å². The van der Waals surface area contributed by atoms with E-state index in [4.69, 9.17) is 4.74 Å². The van der Waals surface area contributed by atoms with Crippen LogP contribution < -0.4 is 10.3 Å². The fourth-order valence-corrected chi connectivity index (χ4v) is 2.95. The molecule has 0 radical (unpaired) electrons. The maximum Gasteiger partial charge on any atom is 0.261 e. The van der Waals surface area contributed by atoms with E-state index in [1.54, 1.807) is 24.1 Å². The summed E-state index contributed by atoms with van der Waals surface area (Å²) < 4.78 is 7.10. The third kappa shape index (κ3) is 4.34. The summed E-state index contributed by atoms with van der Waals surface area (Å²) in [6.07, 6.45) is 1.73. The Bertz CT molecular complexity index is 997. The highest BCUT2D eigenvalue weighted by Crippen LogP contribution is 2.19. The number of aromatic nitrogens is 2. The van der Waals surface area contributed by atoms with Gasteiger partial charge in [0.2, 0.25) is 5.91 Å². The number of carbonyl (C=O) groups excluding carboxylic acids is 1. The van der Waals surface area contributed by atoms with Crippen molar-refractivity contribution >= 4 is 16.8 Å². The molecule has 27 heavy (non-hydrogen) atoms. The molecule has 1 amide bonds. The molecule has 0 aliphatic rings. The third-order valence-electron chi connectivity index (χ3n) is 4.40. The molecule has 0 spiro atoms. The number of nitrogens with zero attached hydrogens (tertiary/aromatic N) is 3. The summed E-state index contributed by atoms with van der Waals surface area (Å²) in [4.78, 5) is 31.0. The van der Waals surface area contributed by atoms with Gasteiger partial charge < -0.3 is 9.64 Å². The molecule has 0 N–H and O–H groups in total. The molecule has 1 aromatic heterocycles. The van der Waals surface area contributed by atoms with E-state index in [0.717, 1.165) is 11.3 Å². The molecule has 1 heterocycles. The van der Waals surface area contributed by atoms with Crippen molar-refractivity contribution in [3.8, 4) is 5.75 Å². The highest BCUT2D eigenvalue weighted by Gasteiger charge is 2.13. The summed E-state index contributed by atoms with van der Waals surface area (Å²) >= 11 is 0. The van der Waals surface area contributed by atoms with E-state index in [1.165, 1.54) is 10.9 Å². The van der Waals surface area contributed by atoms with E-state index >= 15 is 0 Å². The van der Waals surface area contributed by atoms with E-state index in [2.05, 4.69) is 4.98 Å². The number of hydrogen-bond acceptors (Lipinski definition) is 4. The topological polar surface area (TPSA) is 64.4 Å². The van der Waals surface area contributed by atoms with Gasteiger partial charge in [-0.15, -0.1) is 0 Å². The van der Waals surface area contributed by atoms with Gasteiger partial charge in [0.15, 0.2) is 0 Å². The van der Waals surface area contributed by atoms with Crippen molar-refractivity contribution in [2.24, 2.45) is 0 Å². The highest BCUT2D eigenvalue weighted by atomic mass is 16.5. The minimum atomic E-state index is -0.127. The second-order valence-electron chi connectivity index (χ2n) is 6.30. The lowest BCUT2D eigenvalue weighted by atomic mass is 10.2. The van der Waals surface area contributed by atoms with Gasteiger partial charge in [-0.2, -0.15) is 0 Å². The average Bonchev–Trinajstić information content (AvgIpc) is 2.69. The number of hydrogen-bond donors (Lipinski definition) is 0. The molecule has 0 bridgehead atoms. The first-order valence-electron chi connectivity index (χ1n) is 8.99. The van der Waals surface area contributed by atoms with Gasteiger partial charge in [-0.3, -0.25) is 14.2 Å². The molecule has 6 heteroatoms. The highest BCUT2D eigenvalue weighted by molar-refractivity contribution is 5.77. The Morgan fingerprint density at radius 2 is 1.89 bits per heavy atom. The minimum absolute atomic E-state index is 0.0404. The maximum absolute atomic E-state index is 12.5. The van der Waals surface area contributed by atoms with E-state index < -0.39 is 0 Å². The van der Waals surface area contributed by atoms with Crippen molar-refractivity contribution in [1.29, 1.82) is 0 Å². The molecule has 0 saturated heterocycles. The van der Waals surface area contributed by atoms with Crippen LogP contribution in [0.5, 0.6) is 5.75 Å². The standard InChI is InChI=1S/C21H23N3O3/c1-3-27-19-11-7-4-8-16(19)14-23(2)20(25)12-13-24-15-22-18-10-6-5-9-17(18)21(24)26/h4-11,15H,3,12-14H2,1-2H3. The zero-order valence-corrected chi connectivity index (χ0v) is 15.6. The molecule has 0 aliphatic heterocycles. The largest absolute Gasteiger partial charge is 0.494 e.